The van der Waals surface area contributed by atoms with E-state index in [2.05, 4.69) is 4.74 Å². The van der Waals surface area contributed by atoms with E-state index in [0.717, 1.165) is 0 Å². The van der Waals surface area contributed by atoms with Gasteiger partial charge in [0.2, 0.25) is 5.91 Å². The van der Waals surface area contributed by atoms with Gasteiger partial charge < -0.3 is 20.7 Å². The smallest absolute Gasteiger partial charge is 0.330 e. The van der Waals surface area contributed by atoms with Crippen molar-refractivity contribution in [2.75, 3.05) is 21.2 Å². The number of fused-ring (bicyclic) bond motifs is 3. The van der Waals surface area contributed by atoms with E-state index in [1.54, 1.807) is 36.4 Å². The van der Waals surface area contributed by atoms with Gasteiger partial charge in [-0.1, -0.05) is 24.3 Å². The third-order valence-corrected chi connectivity index (χ3v) is 8.76. The minimum absolute atomic E-state index is 0.0408. The number of aromatic hydroxyl groups is 1. The molecule has 4 N–H and O–H groups in total. The van der Waals surface area contributed by atoms with Crippen molar-refractivity contribution in [2.45, 2.75) is 24.5 Å². The molecule has 0 aliphatic heterocycles. The fourth-order valence-electron chi connectivity index (χ4n) is 6.92. The molecule has 6 atom stereocenters. The maximum atomic E-state index is 14.0. The number of rotatable bonds is 5. The number of phenolic OH excluding ortho intramolecular Hbond substituents is 1. The number of nitrogens with zero attached hydrogens (tertiary/aromatic N) is 1. The highest BCUT2D eigenvalue weighted by Crippen LogP contribution is 2.51. The minimum Gasteiger partial charge on any atom is -0.507 e. The zero-order valence-electron chi connectivity index (χ0n) is 23.2. The molecule has 2 aromatic rings. The van der Waals surface area contributed by atoms with Crippen LogP contribution in [0.25, 0.3) is 17.2 Å². The minimum atomic E-state index is -2.77. The highest BCUT2D eigenvalue weighted by molar-refractivity contribution is 6.32. The third kappa shape index (κ3) is 4.27. The van der Waals surface area contributed by atoms with E-state index in [-0.39, 0.29) is 24.2 Å². The van der Waals surface area contributed by atoms with Gasteiger partial charge in [0.05, 0.1) is 24.6 Å². The number of amides is 1. The van der Waals surface area contributed by atoms with E-state index in [1.165, 1.54) is 38.2 Å². The Kier molecular flexibility index (Phi) is 7.20. The number of ether oxygens (including phenoxy) is 1. The Labute approximate surface area is 240 Å². The average Bonchev–Trinajstić information content (AvgIpc) is 2.93. The number of phenols is 1. The van der Waals surface area contributed by atoms with Gasteiger partial charge in [0.15, 0.2) is 34.7 Å². The van der Waals surface area contributed by atoms with Crippen LogP contribution in [0.4, 0.5) is 0 Å². The van der Waals surface area contributed by atoms with Gasteiger partial charge in [-0.15, -0.1) is 0 Å². The average molecular weight is 575 g/mol. The largest absolute Gasteiger partial charge is 0.507 e. The summed E-state index contributed by atoms with van der Waals surface area (Å²) in [6, 6.07) is 8.94. The van der Waals surface area contributed by atoms with Crippen LogP contribution in [0, 0.1) is 23.7 Å². The predicted molar refractivity (Wildman–Crippen MR) is 148 cm³/mol. The fourth-order valence-corrected chi connectivity index (χ4v) is 6.92. The number of hydrogen-bond acceptors (Lipinski definition) is 10. The summed E-state index contributed by atoms with van der Waals surface area (Å²) in [6.45, 7) is 0. The lowest BCUT2D eigenvalue weighted by Gasteiger charge is -2.52. The van der Waals surface area contributed by atoms with Crippen molar-refractivity contribution < 1.29 is 43.7 Å². The molecule has 11 heteroatoms. The van der Waals surface area contributed by atoms with Crippen LogP contribution in [0.2, 0.25) is 0 Å². The van der Waals surface area contributed by atoms with Gasteiger partial charge in [-0.2, -0.15) is 0 Å². The van der Waals surface area contributed by atoms with Gasteiger partial charge in [0, 0.05) is 12.0 Å². The number of likely N-dealkylation sites (N-methyl/N-ethyl adjacent to an activating group) is 1. The number of primary amides is 1. The molecule has 0 heterocycles. The van der Waals surface area contributed by atoms with E-state index >= 15 is 0 Å². The number of Topliss-reactive ketones (excluding diaryl/α,β-unsaturated/α-hetero) is 4. The highest BCUT2D eigenvalue weighted by atomic mass is 16.5. The van der Waals surface area contributed by atoms with E-state index in [1.807, 2.05) is 0 Å². The molecular weight excluding hydrogens is 544 g/mol. The molecule has 1 amide bonds. The number of hydrogen-bond donors (Lipinski definition) is 3. The van der Waals surface area contributed by atoms with Crippen LogP contribution in [0.15, 0.2) is 42.5 Å². The van der Waals surface area contributed by atoms with Crippen molar-refractivity contribution in [3.63, 3.8) is 0 Å². The molecule has 218 valence electrons. The first-order chi connectivity index (χ1) is 19.8. The summed E-state index contributed by atoms with van der Waals surface area (Å²) < 4.78 is 4.64. The van der Waals surface area contributed by atoms with Crippen LogP contribution < -0.4 is 5.73 Å². The van der Waals surface area contributed by atoms with Crippen LogP contribution in [0.1, 0.15) is 27.9 Å². The van der Waals surface area contributed by atoms with Crippen LogP contribution in [0.3, 0.4) is 0 Å². The van der Waals surface area contributed by atoms with Gasteiger partial charge >= 0.3 is 5.97 Å². The molecule has 0 saturated heterocycles. The van der Waals surface area contributed by atoms with Crippen molar-refractivity contribution in [1.29, 1.82) is 0 Å². The van der Waals surface area contributed by atoms with Crippen LogP contribution >= 0.6 is 0 Å². The van der Waals surface area contributed by atoms with Gasteiger partial charge in [0.1, 0.15) is 5.75 Å². The first-order valence-electron chi connectivity index (χ1n) is 13.4. The van der Waals surface area contributed by atoms with Gasteiger partial charge in [0.25, 0.3) is 0 Å². The lowest BCUT2D eigenvalue weighted by Crippen LogP contribution is -2.74. The second-order valence-electron chi connectivity index (χ2n) is 11.3. The summed E-state index contributed by atoms with van der Waals surface area (Å²) >= 11 is 0. The lowest BCUT2D eigenvalue weighted by molar-refractivity contribution is -0.181. The maximum absolute atomic E-state index is 14.0. The molecule has 3 aliphatic rings. The van der Waals surface area contributed by atoms with Crippen LogP contribution in [0.5, 0.6) is 5.75 Å². The van der Waals surface area contributed by atoms with Gasteiger partial charge in [-0.25, -0.2) is 4.79 Å². The van der Waals surface area contributed by atoms with E-state index in [9.17, 15) is 39.0 Å². The number of benzene rings is 2. The summed E-state index contributed by atoms with van der Waals surface area (Å²) in [5.41, 5.74) is 4.95. The molecular formula is C31H30N2O9. The number of carbonyl (C=O) groups excluding carboxylic acids is 6. The second-order valence-corrected chi connectivity index (χ2v) is 11.3. The molecule has 0 spiro atoms. The summed E-state index contributed by atoms with van der Waals surface area (Å²) in [4.78, 5) is 79.6. The van der Waals surface area contributed by atoms with Crippen LogP contribution in [-0.2, 0) is 35.1 Å². The topological polar surface area (TPSA) is 181 Å². The molecule has 0 aromatic heterocycles. The zero-order valence-corrected chi connectivity index (χ0v) is 23.2. The lowest BCUT2D eigenvalue weighted by atomic mass is 9.52. The highest BCUT2D eigenvalue weighted by Gasteiger charge is 2.69. The van der Waals surface area contributed by atoms with E-state index in [4.69, 9.17) is 5.73 Å². The van der Waals surface area contributed by atoms with E-state index < -0.39 is 70.3 Å². The van der Waals surface area contributed by atoms with Gasteiger partial charge in [-0.05, 0) is 73.3 Å². The Morgan fingerprint density at radius 2 is 1.81 bits per heavy atom. The van der Waals surface area contributed by atoms with Crippen LogP contribution in [-0.4, -0.2) is 83.0 Å². The molecule has 0 bridgehead atoms. The standard InChI is InChI=1S/C31H30N2O9/c1-33(2)25-19-13-16-12-18-17(15-6-4-5-14(11-15)7-10-21(35)42-3)8-9-20(34)23(18)26(36)22(16)28(38)31(19,41)29(39)24(27(25)37)30(32)40/h4-11,16,19,22,24-25,34,41H,12-13H2,1-3H3,(H2,32,40)/t16-,19-,22?,24?,25-,31-/m0/s1. The van der Waals surface area contributed by atoms with Gasteiger partial charge in [-0.3, -0.25) is 28.9 Å². The Bertz CT molecular complexity index is 1590. The summed E-state index contributed by atoms with van der Waals surface area (Å²) in [6.07, 6.45) is 2.94. The SMILES string of the molecule is COC(=O)C=Cc1cccc(-c2ccc(O)c3c2C[C@H]2C[C@H]4[C@H](N(C)C)C(=O)C(C(N)=O)C(=O)[C@@]4(O)C(=O)C2C3=O)c1. The number of nitrogens with two attached hydrogens (primary N) is 1. The molecule has 0 radical (unpaired) electrons. The first-order valence-corrected chi connectivity index (χ1v) is 13.4. The Morgan fingerprint density at radius 1 is 1.10 bits per heavy atom. The molecule has 2 saturated carbocycles. The van der Waals surface area contributed by atoms with Crippen molar-refractivity contribution in [3.05, 3.63) is 59.2 Å². The molecule has 2 aromatic carbocycles. The number of esters is 1. The molecule has 3 aliphatic carbocycles. The predicted octanol–water partition coefficient (Wildman–Crippen LogP) is 0.720. The second kappa shape index (κ2) is 10.4. The maximum Gasteiger partial charge on any atom is 0.330 e. The Morgan fingerprint density at radius 3 is 2.45 bits per heavy atom. The quantitative estimate of drug-likeness (QED) is 0.261. The molecule has 2 fully saturated rings. The molecule has 42 heavy (non-hydrogen) atoms. The molecule has 11 nitrogen and oxygen atoms in total. The molecule has 5 rings (SSSR count). The monoisotopic (exact) mass is 574 g/mol. The summed E-state index contributed by atoms with van der Waals surface area (Å²) in [7, 11) is 4.34. The summed E-state index contributed by atoms with van der Waals surface area (Å²) in [5, 5.41) is 22.5. The first kappa shape index (κ1) is 29.0. The zero-order chi connectivity index (χ0) is 30.7. The number of carbonyl (C=O) groups is 6. The number of methoxy groups -OCH3 is 1. The van der Waals surface area contributed by atoms with Crippen molar-refractivity contribution in [2.24, 2.45) is 29.4 Å². The van der Waals surface area contributed by atoms with Crippen molar-refractivity contribution in [1.82, 2.24) is 4.90 Å². The van der Waals surface area contributed by atoms with Crippen molar-refractivity contribution >= 4 is 41.1 Å². The Balaban J connectivity index is 1.61. The van der Waals surface area contributed by atoms with E-state index in [0.29, 0.717) is 22.3 Å². The molecule has 2 unspecified atom stereocenters. The fraction of sp³-hybridized carbons (Fsp3) is 0.355. The third-order valence-electron chi connectivity index (χ3n) is 8.76. The summed E-state index contributed by atoms with van der Waals surface area (Å²) in [5.74, 6) is -11.5. The van der Waals surface area contributed by atoms with Crippen molar-refractivity contribution in [3.8, 4) is 16.9 Å². The Hall–Kier alpha value is -4.48. The normalized spacial score (nSPS) is 28.8. The number of ketones is 4. The number of aliphatic hydroxyl groups is 1.